The second-order valence-electron chi connectivity index (χ2n) is 3.56. The number of aromatic nitrogens is 1. The van der Waals surface area contributed by atoms with E-state index in [4.69, 9.17) is 9.47 Å². The molecular formula is C13H14N2O3S. The molecule has 2 heterocycles. The van der Waals surface area contributed by atoms with Crippen LogP contribution in [0.1, 0.15) is 23.5 Å². The summed E-state index contributed by atoms with van der Waals surface area (Å²) < 4.78 is 11.1. The summed E-state index contributed by atoms with van der Waals surface area (Å²) in [7, 11) is 0. The Kier molecular flexibility index (Phi) is 4.46. The van der Waals surface area contributed by atoms with Crippen molar-refractivity contribution >= 4 is 39.5 Å². The number of pyridine rings is 1. The number of thiophene rings is 1. The van der Waals surface area contributed by atoms with Gasteiger partial charge in [0.1, 0.15) is 10.6 Å². The molecule has 0 spiro atoms. The predicted octanol–water partition coefficient (Wildman–Crippen LogP) is 3.17. The molecule has 0 atom stereocenters. The summed E-state index contributed by atoms with van der Waals surface area (Å²) >= 11 is 1.35. The lowest BCUT2D eigenvalue weighted by atomic mass is 10.2. The maximum Gasteiger partial charge on any atom is 0.350 e. The molecule has 19 heavy (non-hydrogen) atoms. The Balaban J connectivity index is 2.48. The predicted molar refractivity (Wildman–Crippen MR) is 75.4 cm³/mol. The number of carbonyl (C=O) groups is 1. The molecule has 0 N–H and O–H groups in total. The summed E-state index contributed by atoms with van der Waals surface area (Å²) in [5, 5.41) is 0.825. The highest BCUT2D eigenvalue weighted by molar-refractivity contribution is 7.21. The number of fused-ring (bicyclic) bond motifs is 1. The molecule has 2 aromatic rings. The van der Waals surface area contributed by atoms with Crippen molar-refractivity contribution in [2.24, 2.45) is 4.99 Å². The van der Waals surface area contributed by atoms with Crippen molar-refractivity contribution in [2.45, 2.75) is 13.8 Å². The summed E-state index contributed by atoms with van der Waals surface area (Å²) in [6, 6.07) is 1.85. The largest absolute Gasteiger partial charge is 0.483 e. The molecule has 0 fully saturated rings. The second-order valence-corrected chi connectivity index (χ2v) is 4.61. The molecule has 2 aromatic heterocycles. The van der Waals surface area contributed by atoms with E-state index in [1.54, 1.807) is 19.3 Å². The van der Waals surface area contributed by atoms with E-state index in [2.05, 4.69) is 9.98 Å². The van der Waals surface area contributed by atoms with Crippen LogP contribution in [0.5, 0.6) is 0 Å². The highest BCUT2D eigenvalue weighted by atomic mass is 32.1. The molecule has 5 nitrogen and oxygen atoms in total. The van der Waals surface area contributed by atoms with Crippen LogP contribution in [0.25, 0.3) is 10.1 Å². The topological polar surface area (TPSA) is 60.8 Å². The van der Waals surface area contributed by atoms with Crippen molar-refractivity contribution in [3.8, 4) is 0 Å². The highest BCUT2D eigenvalue weighted by Crippen LogP contribution is 2.37. The third-order valence-electron chi connectivity index (χ3n) is 2.35. The Hall–Kier alpha value is -1.95. The van der Waals surface area contributed by atoms with Crippen molar-refractivity contribution in [3.63, 3.8) is 0 Å². The minimum atomic E-state index is -0.368. The van der Waals surface area contributed by atoms with Crippen LogP contribution in [0.15, 0.2) is 23.5 Å². The van der Waals surface area contributed by atoms with E-state index in [0.717, 1.165) is 10.1 Å². The number of hydrogen-bond acceptors (Lipinski definition) is 6. The Morgan fingerprint density at radius 1 is 1.47 bits per heavy atom. The molecule has 0 bridgehead atoms. The third-order valence-corrected chi connectivity index (χ3v) is 3.49. The van der Waals surface area contributed by atoms with Crippen molar-refractivity contribution in [3.05, 3.63) is 23.3 Å². The summed E-state index contributed by atoms with van der Waals surface area (Å²) in [5.74, 6) is -0.368. The summed E-state index contributed by atoms with van der Waals surface area (Å²) in [4.78, 5) is 20.7. The Bertz CT molecular complexity index is 607. The Labute approximate surface area is 114 Å². The molecule has 0 aromatic carbocycles. The van der Waals surface area contributed by atoms with E-state index in [0.29, 0.717) is 23.8 Å². The highest BCUT2D eigenvalue weighted by Gasteiger charge is 2.19. The number of carbonyl (C=O) groups excluding carboxylic acids is 1. The molecule has 0 aliphatic rings. The van der Waals surface area contributed by atoms with E-state index in [1.807, 2.05) is 13.0 Å². The van der Waals surface area contributed by atoms with E-state index in [9.17, 15) is 4.79 Å². The van der Waals surface area contributed by atoms with E-state index in [1.165, 1.54) is 17.7 Å². The van der Waals surface area contributed by atoms with Gasteiger partial charge in [0.15, 0.2) is 6.40 Å². The number of rotatable bonds is 5. The molecule has 100 valence electrons. The number of hydrogen-bond donors (Lipinski definition) is 0. The minimum Gasteiger partial charge on any atom is -0.483 e. The van der Waals surface area contributed by atoms with Crippen LogP contribution >= 0.6 is 11.3 Å². The normalized spacial score (nSPS) is 11.1. The van der Waals surface area contributed by atoms with E-state index in [-0.39, 0.29) is 5.97 Å². The lowest BCUT2D eigenvalue weighted by molar-refractivity contribution is 0.0533. The van der Waals surface area contributed by atoms with E-state index < -0.39 is 0 Å². The van der Waals surface area contributed by atoms with Gasteiger partial charge in [0, 0.05) is 22.5 Å². The van der Waals surface area contributed by atoms with Gasteiger partial charge in [-0.15, -0.1) is 11.3 Å². The first-order valence-corrected chi connectivity index (χ1v) is 6.77. The molecule has 0 saturated heterocycles. The van der Waals surface area contributed by atoms with Crippen molar-refractivity contribution < 1.29 is 14.3 Å². The van der Waals surface area contributed by atoms with Gasteiger partial charge in [0.2, 0.25) is 0 Å². The molecule has 2 rings (SSSR count). The van der Waals surface area contributed by atoms with Gasteiger partial charge in [-0.05, 0) is 19.9 Å². The minimum absolute atomic E-state index is 0.333. The van der Waals surface area contributed by atoms with Crippen LogP contribution in [-0.2, 0) is 9.47 Å². The average Bonchev–Trinajstić information content (AvgIpc) is 2.79. The first kappa shape index (κ1) is 13.5. The molecule has 6 heteroatoms. The van der Waals surface area contributed by atoms with Crippen LogP contribution in [0.3, 0.4) is 0 Å². The monoisotopic (exact) mass is 278 g/mol. The van der Waals surface area contributed by atoms with Gasteiger partial charge in [0.25, 0.3) is 0 Å². The van der Waals surface area contributed by atoms with Crippen molar-refractivity contribution in [2.75, 3.05) is 13.2 Å². The first-order chi connectivity index (χ1) is 9.27. The Morgan fingerprint density at radius 3 is 3.05 bits per heavy atom. The van der Waals surface area contributed by atoms with Gasteiger partial charge >= 0.3 is 5.97 Å². The average molecular weight is 278 g/mol. The zero-order valence-corrected chi connectivity index (χ0v) is 11.6. The lowest BCUT2D eigenvalue weighted by Gasteiger charge is -2.00. The number of esters is 1. The van der Waals surface area contributed by atoms with Crippen molar-refractivity contribution in [1.82, 2.24) is 4.98 Å². The standard InChI is InChI=1S/C13H14N2O3S/c1-3-17-8-15-11-9-7-14-6-5-10(9)19-12(11)13(16)18-4-2/h5-8H,3-4H2,1-2H3. The molecule has 0 amide bonds. The number of aliphatic imine (C=N–C) groups is 1. The molecule has 0 aliphatic heterocycles. The zero-order chi connectivity index (χ0) is 13.7. The summed E-state index contributed by atoms with van der Waals surface area (Å²) in [6.45, 7) is 4.50. The first-order valence-electron chi connectivity index (χ1n) is 5.95. The number of nitrogens with zero attached hydrogens (tertiary/aromatic N) is 2. The van der Waals surface area contributed by atoms with Crippen LogP contribution < -0.4 is 0 Å². The fourth-order valence-electron chi connectivity index (χ4n) is 1.56. The maximum absolute atomic E-state index is 11.9. The fraction of sp³-hybridized carbons (Fsp3) is 0.308. The molecule has 0 unspecified atom stereocenters. The van der Waals surface area contributed by atoms with Gasteiger partial charge < -0.3 is 9.47 Å². The number of ether oxygens (including phenoxy) is 2. The van der Waals surface area contributed by atoms with Gasteiger partial charge in [-0.1, -0.05) is 0 Å². The molecule has 0 saturated carbocycles. The molecular weight excluding hydrogens is 264 g/mol. The van der Waals surface area contributed by atoms with Crippen LogP contribution in [0.4, 0.5) is 5.69 Å². The van der Waals surface area contributed by atoms with Gasteiger partial charge in [-0.2, -0.15) is 0 Å². The van der Waals surface area contributed by atoms with Gasteiger partial charge in [-0.25, -0.2) is 9.79 Å². The van der Waals surface area contributed by atoms with Crippen LogP contribution in [-0.4, -0.2) is 30.6 Å². The lowest BCUT2D eigenvalue weighted by Crippen LogP contribution is -2.02. The third kappa shape index (κ3) is 2.90. The summed E-state index contributed by atoms with van der Waals surface area (Å²) in [5.41, 5.74) is 0.556. The quantitative estimate of drug-likeness (QED) is 0.479. The second kappa shape index (κ2) is 6.29. The van der Waals surface area contributed by atoms with Gasteiger partial charge in [-0.3, -0.25) is 4.98 Å². The van der Waals surface area contributed by atoms with Gasteiger partial charge in [0.05, 0.1) is 13.2 Å². The summed E-state index contributed by atoms with van der Waals surface area (Å²) in [6.07, 6.45) is 4.72. The Morgan fingerprint density at radius 2 is 2.32 bits per heavy atom. The van der Waals surface area contributed by atoms with Crippen molar-refractivity contribution in [1.29, 1.82) is 0 Å². The maximum atomic E-state index is 11.9. The SMILES string of the molecule is CCOC=Nc1c(C(=O)OCC)sc2ccncc12. The van der Waals surface area contributed by atoms with Crippen LogP contribution in [0.2, 0.25) is 0 Å². The van der Waals surface area contributed by atoms with Crippen LogP contribution in [0, 0.1) is 0 Å². The smallest absolute Gasteiger partial charge is 0.350 e. The molecule has 0 radical (unpaired) electrons. The van der Waals surface area contributed by atoms with E-state index >= 15 is 0 Å². The zero-order valence-electron chi connectivity index (χ0n) is 10.8. The fourth-order valence-corrected chi connectivity index (χ4v) is 2.57. The molecule has 0 aliphatic carbocycles.